The van der Waals surface area contributed by atoms with Crippen molar-refractivity contribution in [1.29, 1.82) is 0 Å². The van der Waals surface area contributed by atoms with E-state index in [0.717, 1.165) is 39.0 Å². The van der Waals surface area contributed by atoms with Gasteiger partial charge in [0.1, 0.15) is 41.3 Å². The van der Waals surface area contributed by atoms with E-state index in [1.54, 1.807) is 25.1 Å². The summed E-state index contributed by atoms with van der Waals surface area (Å²) >= 11 is 0. The molecule has 0 saturated carbocycles. The number of carbonyl (C=O) groups is 2. The lowest BCUT2D eigenvalue weighted by Crippen LogP contribution is -2.27. The minimum atomic E-state index is -0.415. The molecule has 0 bridgehead atoms. The van der Waals surface area contributed by atoms with Crippen molar-refractivity contribution in [1.82, 2.24) is 30.0 Å². The monoisotopic (exact) mass is 729 g/mol. The van der Waals surface area contributed by atoms with Gasteiger partial charge < -0.3 is 30.2 Å². The fourth-order valence-corrected chi connectivity index (χ4v) is 5.60. The second-order valence-corrected chi connectivity index (χ2v) is 13.5. The number of aromatic nitrogens is 5. The van der Waals surface area contributed by atoms with Gasteiger partial charge in [0.2, 0.25) is 0 Å². The van der Waals surface area contributed by atoms with Crippen LogP contribution in [0.3, 0.4) is 0 Å². The van der Waals surface area contributed by atoms with Crippen LogP contribution in [0.15, 0.2) is 91.4 Å². The van der Waals surface area contributed by atoms with E-state index in [1.807, 2.05) is 79.7 Å². The van der Waals surface area contributed by atoms with E-state index in [2.05, 4.69) is 57.0 Å². The Hall–Kier alpha value is -6.54. The first-order valence-corrected chi connectivity index (χ1v) is 17.3. The number of ether oxygens (including phenoxy) is 3. The fourth-order valence-electron chi connectivity index (χ4n) is 5.60. The van der Waals surface area contributed by atoms with Crippen molar-refractivity contribution in [3.05, 3.63) is 114 Å². The van der Waals surface area contributed by atoms with E-state index >= 15 is 0 Å². The van der Waals surface area contributed by atoms with Gasteiger partial charge in [-0.2, -0.15) is 5.10 Å². The number of anilines is 4. The van der Waals surface area contributed by atoms with Crippen molar-refractivity contribution in [3.63, 3.8) is 0 Å². The van der Waals surface area contributed by atoms with Crippen LogP contribution in [0.1, 0.15) is 48.1 Å². The molecule has 4 N–H and O–H groups in total. The Balaban J connectivity index is 1.14. The number of methoxy groups -OCH3 is 2. The predicted molar refractivity (Wildman–Crippen MR) is 208 cm³/mol. The minimum Gasteiger partial charge on any atom is -0.496 e. The number of nitrogens with one attached hydrogen (secondary N) is 4. The molecule has 14 heteroatoms. The zero-order valence-corrected chi connectivity index (χ0v) is 31.1. The summed E-state index contributed by atoms with van der Waals surface area (Å²) in [5.41, 5.74) is 4.01. The Kier molecular flexibility index (Phi) is 11.3. The average Bonchev–Trinajstić information content (AvgIpc) is 3.59. The first kappa shape index (κ1) is 37.2. The molecule has 0 aliphatic rings. The van der Waals surface area contributed by atoms with Crippen LogP contribution in [0.4, 0.5) is 27.9 Å². The molecule has 0 atom stereocenters. The molecule has 278 valence electrons. The van der Waals surface area contributed by atoms with Gasteiger partial charge in [-0.25, -0.2) is 24.4 Å². The summed E-state index contributed by atoms with van der Waals surface area (Å²) in [6.07, 6.45) is 4.53. The Morgan fingerprint density at radius 3 is 2.35 bits per heavy atom. The lowest BCUT2D eigenvalue weighted by atomic mass is 9.92. The molecule has 0 unspecified atom stereocenters. The van der Waals surface area contributed by atoms with Crippen molar-refractivity contribution in [3.8, 4) is 17.2 Å². The summed E-state index contributed by atoms with van der Waals surface area (Å²) in [6, 6.07) is 22.3. The molecular formula is C40H43N9O5. The molecular weight excluding hydrogens is 686 g/mol. The normalized spacial score (nSPS) is 11.2. The second kappa shape index (κ2) is 16.4. The molecule has 0 aliphatic carbocycles. The van der Waals surface area contributed by atoms with E-state index in [1.165, 1.54) is 12.4 Å². The van der Waals surface area contributed by atoms with E-state index < -0.39 is 6.03 Å². The number of pyridine rings is 1. The van der Waals surface area contributed by atoms with Crippen LogP contribution in [0.5, 0.6) is 11.5 Å². The number of urea groups is 1. The quantitative estimate of drug-likeness (QED) is 0.0896. The Labute approximate surface area is 313 Å². The Morgan fingerprint density at radius 1 is 0.833 bits per heavy atom. The van der Waals surface area contributed by atoms with Crippen molar-refractivity contribution >= 4 is 45.9 Å². The Morgan fingerprint density at radius 2 is 1.63 bits per heavy atom. The van der Waals surface area contributed by atoms with Crippen LogP contribution in [-0.4, -0.2) is 64.0 Å². The van der Waals surface area contributed by atoms with Gasteiger partial charge in [0.25, 0.3) is 5.91 Å². The molecule has 0 saturated heterocycles. The number of benzene rings is 3. The molecule has 0 fully saturated rings. The van der Waals surface area contributed by atoms with E-state index in [-0.39, 0.29) is 23.6 Å². The maximum atomic E-state index is 13.5. The number of nitrogens with zero attached hydrogens (tertiary/aromatic N) is 5. The molecule has 6 rings (SSSR count). The third kappa shape index (κ3) is 8.90. The standard InChI is InChI=1S/C40H43N9O5/c1-25-19-27(11-13-32(25)53-6)49-37(21-34(48-49)40(2,3)4)47-39(51)45-30-12-14-33(29-10-8-7-9-28(29)30)54-24-26-15-16-41-35(20-26)46-36-23-43-31(22-44-36)38(50)42-17-18-52-5/h7-16,19-23H,17-18,24H2,1-6H3,(H,42,50)(H,41,44,46)(H2,45,47,51). The highest BCUT2D eigenvalue weighted by molar-refractivity contribution is 6.07. The highest BCUT2D eigenvalue weighted by atomic mass is 16.5. The topological polar surface area (TPSA) is 166 Å². The molecule has 3 aromatic heterocycles. The van der Waals surface area contributed by atoms with Gasteiger partial charge in [-0.05, 0) is 60.5 Å². The van der Waals surface area contributed by atoms with Gasteiger partial charge in [0.05, 0.1) is 43.2 Å². The smallest absolute Gasteiger partial charge is 0.324 e. The van der Waals surface area contributed by atoms with Gasteiger partial charge in [-0.1, -0.05) is 45.0 Å². The molecule has 14 nitrogen and oxygen atoms in total. The second-order valence-electron chi connectivity index (χ2n) is 13.5. The zero-order valence-electron chi connectivity index (χ0n) is 31.1. The highest BCUT2D eigenvalue weighted by Crippen LogP contribution is 2.33. The van der Waals surface area contributed by atoms with E-state index in [9.17, 15) is 9.59 Å². The number of amides is 3. The van der Waals surface area contributed by atoms with Gasteiger partial charge in [0, 0.05) is 42.1 Å². The number of hydrogen-bond donors (Lipinski definition) is 4. The SMILES string of the molecule is COCCNC(=O)c1cnc(Nc2cc(COc3ccc(NC(=O)Nc4cc(C(C)(C)C)nn4-c4ccc(OC)c(C)c4)c4ccccc34)ccn2)cn1. The van der Waals surface area contributed by atoms with E-state index in [0.29, 0.717) is 42.0 Å². The highest BCUT2D eigenvalue weighted by Gasteiger charge is 2.22. The van der Waals surface area contributed by atoms with Crippen LogP contribution >= 0.6 is 0 Å². The third-order valence-electron chi connectivity index (χ3n) is 8.43. The molecule has 0 radical (unpaired) electrons. The number of hydrogen-bond acceptors (Lipinski definition) is 10. The molecule has 54 heavy (non-hydrogen) atoms. The molecule has 3 heterocycles. The average molecular weight is 730 g/mol. The van der Waals surface area contributed by atoms with Crippen LogP contribution in [0.2, 0.25) is 0 Å². The molecule has 0 aliphatic heterocycles. The molecule has 3 aromatic carbocycles. The predicted octanol–water partition coefficient (Wildman–Crippen LogP) is 7.17. The summed E-state index contributed by atoms with van der Waals surface area (Å²) in [6.45, 7) is 9.24. The van der Waals surface area contributed by atoms with Crippen molar-refractivity contribution in [2.45, 2.75) is 39.7 Å². The van der Waals surface area contributed by atoms with E-state index in [4.69, 9.17) is 19.3 Å². The van der Waals surface area contributed by atoms with Gasteiger partial charge >= 0.3 is 6.03 Å². The number of fused-ring (bicyclic) bond motifs is 1. The summed E-state index contributed by atoms with van der Waals surface area (Å²) in [4.78, 5) is 38.6. The molecule has 6 aromatic rings. The van der Waals surface area contributed by atoms with Crippen molar-refractivity contribution < 1.29 is 23.8 Å². The number of aryl methyl sites for hydroxylation is 1. The number of rotatable bonds is 13. The summed E-state index contributed by atoms with van der Waals surface area (Å²) < 4.78 is 18.4. The first-order chi connectivity index (χ1) is 26.0. The third-order valence-corrected chi connectivity index (χ3v) is 8.43. The van der Waals surface area contributed by atoms with Crippen LogP contribution in [-0.2, 0) is 16.8 Å². The van der Waals surface area contributed by atoms with Crippen LogP contribution in [0, 0.1) is 6.92 Å². The summed E-state index contributed by atoms with van der Waals surface area (Å²) in [7, 11) is 3.20. The maximum absolute atomic E-state index is 13.5. The van der Waals surface area contributed by atoms with Crippen LogP contribution < -0.4 is 30.7 Å². The minimum absolute atomic E-state index is 0.197. The maximum Gasteiger partial charge on any atom is 0.324 e. The molecule has 0 spiro atoms. The van der Waals surface area contributed by atoms with Crippen molar-refractivity contribution in [2.75, 3.05) is 43.3 Å². The fraction of sp³-hybridized carbons (Fsp3) is 0.250. The number of carbonyl (C=O) groups excluding carboxylic acids is 2. The van der Waals surface area contributed by atoms with Crippen LogP contribution in [0.25, 0.3) is 16.5 Å². The molecule has 3 amide bonds. The summed E-state index contributed by atoms with van der Waals surface area (Å²) in [5.74, 6) is 2.59. The van der Waals surface area contributed by atoms with Gasteiger partial charge in [-0.15, -0.1) is 0 Å². The lowest BCUT2D eigenvalue weighted by Gasteiger charge is -2.15. The Bertz CT molecular complexity index is 2270. The lowest BCUT2D eigenvalue weighted by molar-refractivity contribution is 0.0931. The zero-order chi connectivity index (χ0) is 38.2. The van der Waals surface area contributed by atoms with Gasteiger partial charge in [0.15, 0.2) is 0 Å². The van der Waals surface area contributed by atoms with Crippen molar-refractivity contribution in [2.24, 2.45) is 0 Å². The first-order valence-electron chi connectivity index (χ1n) is 17.3. The van der Waals surface area contributed by atoms with Gasteiger partial charge in [-0.3, -0.25) is 10.1 Å². The largest absolute Gasteiger partial charge is 0.496 e. The summed E-state index contributed by atoms with van der Waals surface area (Å²) in [5, 5.41) is 18.3.